The first kappa shape index (κ1) is 13.7. The standard InChI is InChI=1S/C17H22N2/c1-3-5-13-19-14-15(9-8-12-18-4-2)16-10-6-7-11-17(16)19/h6-7,10-11,14,18H,4,8-9,12-13H2,1-2H3. The van der Waals surface area contributed by atoms with Crippen molar-refractivity contribution in [3.05, 3.63) is 36.0 Å². The van der Waals surface area contributed by atoms with Crippen LogP contribution in [0.2, 0.25) is 0 Å². The quantitative estimate of drug-likeness (QED) is 0.619. The van der Waals surface area contributed by atoms with Gasteiger partial charge < -0.3 is 9.88 Å². The lowest BCUT2D eigenvalue weighted by atomic mass is 10.1. The van der Waals surface area contributed by atoms with Crippen molar-refractivity contribution in [1.82, 2.24) is 9.88 Å². The highest BCUT2D eigenvalue weighted by Gasteiger charge is 2.06. The molecule has 2 aromatic rings. The van der Waals surface area contributed by atoms with E-state index in [0.29, 0.717) is 0 Å². The van der Waals surface area contributed by atoms with Gasteiger partial charge in [-0.05, 0) is 44.5 Å². The van der Waals surface area contributed by atoms with Crippen LogP contribution in [-0.2, 0) is 13.0 Å². The largest absolute Gasteiger partial charge is 0.336 e. The van der Waals surface area contributed by atoms with Gasteiger partial charge in [-0.1, -0.05) is 31.0 Å². The zero-order chi connectivity index (χ0) is 13.5. The van der Waals surface area contributed by atoms with Gasteiger partial charge in [0, 0.05) is 17.1 Å². The fourth-order valence-corrected chi connectivity index (χ4v) is 2.40. The molecule has 0 bridgehead atoms. The molecule has 2 nitrogen and oxygen atoms in total. The Bertz CT molecular complexity index is 584. The Morgan fingerprint density at radius 3 is 2.89 bits per heavy atom. The summed E-state index contributed by atoms with van der Waals surface area (Å²) < 4.78 is 2.26. The molecule has 0 saturated carbocycles. The van der Waals surface area contributed by atoms with E-state index in [1.165, 1.54) is 22.9 Å². The molecular weight excluding hydrogens is 232 g/mol. The second kappa shape index (κ2) is 7.01. The summed E-state index contributed by atoms with van der Waals surface area (Å²) >= 11 is 0. The topological polar surface area (TPSA) is 17.0 Å². The Morgan fingerprint density at radius 2 is 2.11 bits per heavy atom. The maximum absolute atomic E-state index is 3.38. The average Bonchev–Trinajstić information content (AvgIpc) is 2.80. The van der Waals surface area contributed by atoms with E-state index in [9.17, 15) is 0 Å². The van der Waals surface area contributed by atoms with Gasteiger partial charge in [0.1, 0.15) is 0 Å². The summed E-state index contributed by atoms with van der Waals surface area (Å²) in [6, 6.07) is 8.61. The maximum atomic E-state index is 3.38. The van der Waals surface area contributed by atoms with Crippen LogP contribution in [0.15, 0.2) is 30.5 Å². The summed E-state index contributed by atoms with van der Waals surface area (Å²) in [7, 11) is 0. The summed E-state index contributed by atoms with van der Waals surface area (Å²) in [5, 5.41) is 4.75. The number of hydrogen-bond acceptors (Lipinski definition) is 1. The molecule has 19 heavy (non-hydrogen) atoms. The molecule has 1 aromatic heterocycles. The third-order valence-electron chi connectivity index (χ3n) is 3.35. The molecule has 1 heterocycles. The van der Waals surface area contributed by atoms with Crippen LogP contribution in [-0.4, -0.2) is 17.7 Å². The number of fused-ring (bicyclic) bond motifs is 1. The minimum absolute atomic E-state index is 0.782. The van der Waals surface area contributed by atoms with Gasteiger partial charge in [0.15, 0.2) is 0 Å². The summed E-state index contributed by atoms with van der Waals surface area (Å²) in [6.07, 6.45) is 4.57. The van der Waals surface area contributed by atoms with Crippen molar-refractivity contribution in [1.29, 1.82) is 0 Å². The molecule has 0 fully saturated rings. The monoisotopic (exact) mass is 254 g/mol. The highest BCUT2D eigenvalue weighted by molar-refractivity contribution is 5.84. The number of aromatic nitrogens is 1. The fraction of sp³-hybridized carbons (Fsp3) is 0.412. The summed E-state index contributed by atoms with van der Waals surface area (Å²) in [4.78, 5) is 0. The second-order valence-corrected chi connectivity index (χ2v) is 4.68. The number of benzene rings is 1. The van der Waals surface area contributed by atoms with Crippen LogP contribution in [0.25, 0.3) is 10.9 Å². The van der Waals surface area contributed by atoms with Crippen molar-refractivity contribution in [2.75, 3.05) is 13.1 Å². The molecule has 0 aliphatic rings. The van der Waals surface area contributed by atoms with Gasteiger partial charge in [-0.3, -0.25) is 0 Å². The predicted octanol–water partition coefficient (Wildman–Crippen LogP) is 3.21. The van der Waals surface area contributed by atoms with Crippen LogP contribution in [0, 0.1) is 11.8 Å². The summed E-state index contributed by atoms with van der Waals surface area (Å²) in [5.41, 5.74) is 2.73. The summed E-state index contributed by atoms with van der Waals surface area (Å²) in [5.74, 6) is 6.12. The van der Waals surface area contributed by atoms with E-state index >= 15 is 0 Å². The number of rotatable bonds is 6. The van der Waals surface area contributed by atoms with E-state index in [1.54, 1.807) is 0 Å². The van der Waals surface area contributed by atoms with Crippen LogP contribution in [0.1, 0.15) is 25.8 Å². The molecular formula is C17H22N2. The van der Waals surface area contributed by atoms with Crippen molar-refractivity contribution >= 4 is 10.9 Å². The van der Waals surface area contributed by atoms with E-state index in [1.807, 2.05) is 6.92 Å². The molecule has 0 aliphatic heterocycles. The smallest absolute Gasteiger partial charge is 0.0837 e. The molecule has 0 amide bonds. The van der Waals surface area contributed by atoms with E-state index in [0.717, 1.165) is 26.1 Å². The Morgan fingerprint density at radius 1 is 1.26 bits per heavy atom. The molecule has 2 heteroatoms. The number of aryl methyl sites for hydroxylation is 1. The second-order valence-electron chi connectivity index (χ2n) is 4.68. The first-order valence-electron chi connectivity index (χ1n) is 7.04. The van der Waals surface area contributed by atoms with Crippen LogP contribution in [0.5, 0.6) is 0 Å². The minimum Gasteiger partial charge on any atom is -0.336 e. The third-order valence-corrected chi connectivity index (χ3v) is 3.35. The molecule has 0 saturated heterocycles. The van der Waals surface area contributed by atoms with Crippen LogP contribution in [0.3, 0.4) is 0 Å². The Labute approximate surface area is 115 Å². The first-order valence-corrected chi connectivity index (χ1v) is 7.04. The highest BCUT2D eigenvalue weighted by atomic mass is 14.9. The van der Waals surface area contributed by atoms with Gasteiger partial charge >= 0.3 is 0 Å². The SMILES string of the molecule is CC#CCn1cc(CCCNCC)c2ccccc21. The lowest BCUT2D eigenvalue weighted by Crippen LogP contribution is -2.14. The fourth-order valence-electron chi connectivity index (χ4n) is 2.40. The Kier molecular flexibility index (Phi) is 5.06. The van der Waals surface area contributed by atoms with E-state index in [-0.39, 0.29) is 0 Å². The zero-order valence-electron chi connectivity index (χ0n) is 11.9. The molecule has 1 N–H and O–H groups in total. The van der Waals surface area contributed by atoms with Gasteiger partial charge in [0.2, 0.25) is 0 Å². The van der Waals surface area contributed by atoms with Crippen molar-refractivity contribution in [3.63, 3.8) is 0 Å². The van der Waals surface area contributed by atoms with Crippen molar-refractivity contribution in [2.24, 2.45) is 0 Å². The van der Waals surface area contributed by atoms with E-state index in [2.05, 4.69) is 59.1 Å². The third kappa shape index (κ3) is 3.39. The minimum atomic E-state index is 0.782. The number of para-hydroxylation sites is 1. The molecule has 0 spiro atoms. The number of hydrogen-bond donors (Lipinski definition) is 1. The van der Waals surface area contributed by atoms with Crippen molar-refractivity contribution in [3.8, 4) is 11.8 Å². The lowest BCUT2D eigenvalue weighted by molar-refractivity contribution is 0.673. The molecule has 0 unspecified atom stereocenters. The Hall–Kier alpha value is -1.72. The Balaban J connectivity index is 2.19. The van der Waals surface area contributed by atoms with Gasteiger partial charge in [-0.15, -0.1) is 5.92 Å². The summed E-state index contributed by atoms with van der Waals surface area (Å²) in [6.45, 7) is 6.96. The van der Waals surface area contributed by atoms with Crippen LogP contribution < -0.4 is 5.32 Å². The van der Waals surface area contributed by atoms with Gasteiger partial charge in [0.25, 0.3) is 0 Å². The normalized spacial score (nSPS) is 10.4. The molecule has 0 radical (unpaired) electrons. The van der Waals surface area contributed by atoms with Gasteiger partial charge in [0.05, 0.1) is 6.54 Å². The van der Waals surface area contributed by atoms with Crippen molar-refractivity contribution < 1.29 is 0 Å². The van der Waals surface area contributed by atoms with Crippen LogP contribution >= 0.6 is 0 Å². The number of nitrogens with zero attached hydrogens (tertiary/aromatic N) is 1. The molecule has 0 atom stereocenters. The predicted molar refractivity (Wildman–Crippen MR) is 82.3 cm³/mol. The maximum Gasteiger partial charge on any atom is 0.0837 e. The van der Waals surface area contributed by atoms with E-state index < -0.39 is 0 Å². The molecule has 1 aromatic carbocycles. The average molecular weight is 254 g/mol. The number of nitrogens with one attached hydrogen (secondary N) is 1. The van der Waals surface area contributed by atoms with Gasteiger partial charge in [-0.25, -0.2) is 0 Å². The van der Waals surface area contributed by atoms with Gasteiger partial charge in [-0.2, -0.15) is 0 Å². The lowest BCUT2D eigenvalue weighted by Gasteiger charge is -2.00. The van der Waals surface area contributed by atoms with Crippen molar-refractivity contribution in [2.45, 2.75) is 33.2 Å². The zero-order valence-corrected chi connectivity index (χ0v) is 11.9. The molecule has 100 valence electrons. The van der Waals surface area contributed by atoms with Crippen LogP contribution in [0.4, 0.5) is 0 Å². The van der Waals surface area contributed by atoms with E-state index in [4.69, 9.17) is 0 Å². The first-order chi connectivity index (χ1) is 9.36. The molecule has 2 rings (SSSR count). The molecule has 0 aliphatic carbocycles. The highest BCUT2D eigenvalue weighted by Crippen LogP contribution is 2.22.